The van der Waals surface area contributed by atoms with Crippen LogP contribution < -0.4 is 5.32 Å². The minimum absolute atomic E-state index is 0.132. The average molecular weight is 456 g/mol. The van der Waals surface area contributed by atoms with Crippen molar-refractivity contribution >= 4 is 23.3 Å². The molecule has 2 bridgehead atoms. The number of amidine groups is 1. The fourth-order valence-corrected chi connectivity index (χ4v) is 5.41. The van der Waals surface area contributed by atoms with Crippen LogP contribution in [0.3, 0.4) is 0 Å². The van der Waals surface area contributed by atoms with Gasteiger partial charge in [0, 0.05) is 43.7 Å². The molecule has 3 aliphatic heterocycles. The van der Waals surface area contributed by atoms with Crippen LogP contribution in [0.5, 0.6) is 0 Å². The van der Waals surface area contributed by atoms with Gasteiger partial charge in [-0.1, -0.05) is 23.7 Å². The Balaban J connectivity index is 1.14. The number of piperazine rings is 1. The highest BCUT2D eigenvalue weighted by atomic mass is 35.5. The molecule has 1 aliphatic carbocycles. The van der Waals surface area contributed by atoms with E-state index in [-0.39, 0.29) is 22.4 Å². The molecule has 32 heavy (non-hydrogen) atoms. The Bertz CT molecular complexity index is 1000. The summed E-state index contributed by atoms with van der Waals surface area (Å²) in [4.78, 5) is 21.9. The number of likely N-dealkylation sites (tertiary alicyclic amines) is 1. The monoisotopic (exact) mass is 455 g/mol. The van der Waals surface area contributed by atoms with Gasteiger partial charge in [-0.3, -0.25) is 9.79 Å². The van der Waals surface area contributed by atoms with Gasteiger partial charge in [0.2, 0.25) is 5.91 Å². The van der Waals surface area contributed by atoms with Crippen molar-refractivity contribution < 1.29 is 9.18 Å². The van der Waals surface area contributed by atoms with Gasteiger partial charge in [0.05, 0.1) is 23.6 Å². The number of amides is 1. The molecule has 1 saturated carbocycles. The van der Waals surface area contributed by atoms with E-state index in [1.54, 1.807) is 6.07 Å². The third kappa shape index (κ3) is 4.02. The highest BCUT2D eigenvalue weighted by Gasteiger charge is 2.45. The third-order valence-corrected chi connectivity index (χ3v) is 7.52. The van der Waals surface area contributed by atoms with E-state index in [1.165, 1.54) is 6.07 Å². The molecule has 4 aliphatic rings. The number of nitrogens with zero attached hydrogens (tertiary/aromatic N) is 4. The van der Waals surface area contributed by atoms with Crippen LogP contribution in [0.25, 0.3) is 0 Å². The summed E-state index contributed by atoms with van der Waals surface area (Å²) in [7, 11) is 0. The van der Waals surface area contributed by atoms with E-state index in [1.807, 2.05) is 23.1 Å². The van der Waals surface area contributed by atoms with E-state index < -0.39 is 5.82 Å². The zero-order valence-corrected chi connectivity index (χ0v) is 18.7. The van der Waals surface area contributed by atoms with Gasteiger partial charge in [-0.15, -0.1) is 0 Å². The molecule has 3 unspecified atom stereocenters. The first-order valence-electron chi connectivity index (χ1n) is 11.4. The van der Waals surface area contributed by atoms with Gasteiger partial charge >= 0.3 is 0 Å². The van der Waals surface area contributed by atoms with Gasteiger partial charge in [-0.05, 0) is 49.5 Å². The van der Waals surface area contributed by atoms with Crippen LogP contribution in [0.1, 0.15) is 37.7 Å². The largest absolute Gasteiger partial charge is 0.347 e. The van der Waals surface area contributed by atoms with Crippen LogP contribution in [0.2, 0.25) is 5.02 Å². The van der Waals surface area contributed by atoms with Gasteiger partial charge < -0.3 is 15.1 Å². The summed E-state index contributed by atoms with van der Waals surface area (Å²) < 4.78 is 13.9. The van der Waals surface area contributed by atoms with Crippen molar-refractivity contribution in [3.63, 3.8) is 0 Å². The number of aliphatic imine (C=N–C) groups is 1. The summed E-state index contributed by atoms with van der Waals surface area (Å²) in [6.45, 7) is 2.53. The second-order valence-electron chi connectivity index (χ2n) is 9.27. The van der Waals surface area contributed by atoms with Gasteiger partial charge in [-0.2, -0.15) is 5.26 Å². The Morgan fingerprint density at radius 2 is 2.06 bits per heavy atom. The molecular formula is C24H27ClFN5O. The van der Waals surface area contributed by atoms with Crippen LogP contribution >= 0.6 is 11.6 Å². The predicted octanol–water partition coefficient (Wildman–Crippen LogP) is 3.23. The van der Waals surface area contributed by atoms with Gasteiger partial charge in [0.25, 0.3) is 0 Å². The van der Waals surface area contributed by atoms with E-state index in [9.17, 15) is 9.18 Å². The fraction of sp³-hybridized carbons (Fsp3) is 0.542. The maximum Gasteiger partial charge on any atom is 0.223 e. The summed E-state index contributed by atoms with van der Waals surface area (Å²) in [5, 5.41) is 12.7. The maximum atomic E-state index is 13.9. The van der Waals surface area contributed by atoms with Crippen molar-refractivity contribution in [2.75, 3.05) is 26.2 Å². The number of nitriles is 1. The molecule has 3 heterocycles. The van der Waals surface area contributed by atoms with Crippen LogP contribution in [-0.2, 0) is 10.3 Å². The molecule has 3 atom stereocenters. The Morgan fingerprint density at radius 1 is 1.31 bits per heavy atom. The quantitative estimate of drug-likeness (QED) is 0.739. The fourth-order valence-electron chi connectivity index (χ4n) is 5.29. The number of hydrogen-bond acceptors (Lipinski definition) is 5. The van der Waals surface area contributed by atoms with E-state index >= 15 is 0 Å². The first-order chi connectivity index (χ1) is 15.5. The lowest BCUT2D eigenvalue weighted by Gasteiger charge is -2.42. The number of rotatable bonds is 5. The summed E-state index contributed by atoms with van der Waals surface area (Å²) in [5.41, 5.74) is 0.675. The van der Waals surface area contributed by atoms with Crippen LogP contribution in [0.4, 0.5) is 4.39 Å². The molecule has 6 nitrogen and oxygen atoms in total. The summed E-state index contributed by atoms with van der Waals surface area (Å²) in [6.07, 6.45) is 8.34. The van der Waals surface area contributed by atoms with Crippen molar-refractivity contribution in [3.8, 4) is 6.07 Å². The topological polar surface area (TPSA) is 71.7 Å². The van der Waals surface area contributed by atoms with E-state index in [0.717, 1.165) is 50.2 Å². The van der Waals surface area contributed by atoms with Crippen molar-refractivity contribution in [3.05, 3.63) is 46.8 Å². The van der Waals surface area contributed by atoms with E-state index in [0.29, 0.717) is 31.6 Å². The first kappa shape index (κ1) is 21.4. The number of benzene rings is 1. The molecule has 0 aromatic heterocycles. The molecule has 8 heteroatoms. The van der Waals surface area contributed by atoms with Gasteiger partial charge in [-0.25, -0.2) is 4.39 Å². The molecule has 1 aromatic carbocycles. The number of dihydropyridines is 1. The van der Waals surface area contributed by atoms with Gasteiger partial charge in [0.1, 0.15) is 11.7 Å². The number of fused-ring (bicyclic) bond motifs is 2. The minimum Gasteiger partial charge on any atom is -0.347 e. The van der Waals surface area contributed by atoms with Crippen molar-refractivity contribution in [2.24, 2.45) is 10.9 Å². The molecule has 0 spiro atoms. The second kappa shape index (κ2) is 8.49. The molecule has 5 rings (SSSR count). The molecule has 2 saturated heterocycles. The number of hydrogen-bond donors (Lipinski definition) is 1. The molecule has 168 valence electrons. The second-order valence-corrected chi connectivity index (χ2v) is 9.68. The smallest absolute Gasteiger partial charge is 0.223 e. The summed E-state index contributed by atoms with van der Waals surface area (Å²) in [6, 6.07) is 7.79. The lowest BCUT2D eigenvalue weighted by molar-refractivity contribution is -0.133. The lowest BCUT2D eigenvalue weighted by atomic mass is 10.0. The Morgan fingerprint density at radius 3 is 2.66 bits per heavy atom. The number of carbonyl (C=O) groups is 1. The third-order valence-electron chi connectivity index (χ3n) is 7.22. The number of halogens is 2. The highest BCUT2D eigenvalue weighted by molar-refractivity contribution is 6.30. The Kier molecular flexibility index (Phi) is 5.68. The zero-order valence-electron chi connectivity index (χ0n) is 17.9. The Labute approximate surface area is 192 Å². The number of nitrogens with one attached hydrogen (secondary N) is 1. The zero-order chi connectivity index (χ0) is 22.3. The van der Waals surface area contributed by atoms with Crippen LogP contribution in [0.15, 0.2) is 35.3 Å². The van der Waals surface area contributed by atoms with E-state index in [2.05, 4.69) is 21.3 Å². The van der Waals surface area contributed by atoms with Crippen LogP contribution in [-0.4, -0.2) is 59.8 Å². The lowest BCUT2D eigenvalue weighted by Crippen LogP contribution is -2.57. The van der Waals surface area contributed by atoms with Crippen LogP contribution in [0, 0.1) is 23.1 Å². The van der Waals surface area contributed by atoms with Crippen molar-refractivity contribution in [1.29, 1.82) is 5.26 Å². The summed E-state index contributed by atoms with van der Waals surface area (Å²) in [5.74, 6) is 0.592. The predicted molar refractivity (Wildman–Crippen MR) is 121 cm³/mol. The van der Waals surface area contributed by atoms with Crippen molar-refractivity contribution in [1.82, 2.24) is 15.1 Å². The molecule has 1 N–H and O–H groups in total. The molecule has 1 aromatic rings. The first-order valence-corrected chi connectivity index (χ1v) is 11.8. The average Bonchev–Trinajstić information content (AvgIpc) is 3.55. The molecule has 3 fully saturated rings. The van der Waals surface area contributed by atoms with Gasteiger partial charge in [0.15, 0.2) is 0 Å². The SMILES string of the molecule is N#CC1C=CC(N2C3CCC2CN(C(=O)CCNC2(c4ccc(Cl)c(F)c4)CC2)C3)=NC1. The van der Waals surface area contributed by atoms with E-state index in [4.69, 9.17) is 16.9 Å². The molecule has 0 radical (unpaired) electrons. The summed E-state index contributed by atoms with van der Waals surface area (Å²) >= 11 is 5.81. The Hall–Kier alpha value is -2.43. The van der Waals surface area contributed by atoms with Crippen molar-refractivity contribution in [2.45, 2.75) is 49.7 Å². The minimum atomic E-state index is -0.401. The normalized spacial score (nSPS) is 27.8. The molecular weight excluding hydrogens is 429 g/mol. The highest BCUT2D eigenvalue weighted by Crippen LogP contribution is 2.46. The standard InChI is InChI=1S/C24H27ClFN5O/c25-20-5-2-17(11-21(20)26)24(8-9-24)29-10-7-23(32)30-14-18-3-4-19(15-30)31(18)22-6-1-16(12-27)13-28-22/h1-2,5-6,11,16,18-19,29H,3-4,7-10,13-15H2. The number of carbonyl (C=O) groups excluding carboxylic acids is 1. The molecule has 1 amide bonds. The maximum absolute atomic E-state index is 13.9.